The third kappa shape index (κ3) is 1.58. The topological polar surface area (TPSA) is 51.2 Å². The highest BCUT2D eigenvalue weighted by atomic mass is 19.1. The van der Waals surface area contributed by atoms with Crippen LogP contribution in [0, 0.1) is 5.95 Å². The number of pyridine rings is 1. The highest BCUT2D eigenvalue weighted by Crippen LogP contribution is 2.16. The molecule has 5 heteroatoms. The lowest BCUT2D eigenvalue weighted by Gasteiger charge is -2.05. The van der Waals surface area contributed by atoms with E-state index in [2.05, 4.69) is 15.0 Å². The Hall–Kier alpha value is -1.65. The predicted octanol–water partition coefficient (Wildman–Crippen LogP) is 1.00. The lowest BCUT2D eigenvalue weighted by molar-refractivity contribution is 0.177. The standard InChI is InChI=1S/C8H7FN2O2/c9-7-2-1-5(3-10-7)6-4-13-8(12)11-6/h1-3,6H,4H2,(H,11,12). The minimum absolute atomic E-state index is 0.208. The van der Waals surface area contributed by atoms with Gasteiger partial charge in [0, 0.05) is 6.20 Å². The van der Waals surface area contributed by atoms with Crippen LogP contribution in [0.15, 0.2) is 18.3 Å². The summed E-state index contributed by atoms with van der Waals surface area (Å²) in [4.78, 5) is 14.1. The second kappa shape index (κ2) is 3.01. The van der Waals surface area contributed by atoms with Crippen LogP contribution in [-0.4, -0.2) is 17.7 Å². The highest BCUT2D eigenvalue weighted by Gasteiger charge is 2.23. The third-order valence-corrected chi connectivity index (χ3v) is 1.83. The fourth-order valence-electron chi connectivity index (χ4n) is 1.16. The SMILES string of the molecule is O=C1NC(c2ccc(F)nc2)CO1. The van der Waals surface area contributed by atoms with Crippen LogP contribution < -0.4 is 5.32 Å². The molecule has 68 valence electrons. The summed E-state index contributed by atoms with van der Waals surface area (Å²) in [6, 6.07) is 2.61. The molecule has 1 aromatic heterocycles. The van der Waals surface area contributed by atoms with Gasteiger partial charge in [0.1, 0.15) is 6.61 Å². The molecular formula is C8H7FN2O2. The van der Waals surface area contributed by atoms with Gasteiger partial charge in [-0.05, 0) is 11.6 Å². The number of nitrogens with zero attached hydrogens (tertiary/aromatic N) is 1. The Bertz CT molecular complexity index is 325. The number of nitrogens with one attached hydrogen (secondary N) is 1. The molecule has 0 aliphatic carbocycles. The van der Waals surface area contributed by atoms with Crippen molar-refractivity contribution in [3.63, 3.8) is 0 Å². The quantitative estimate of drug-likeness (QED) is 0.659. The Balaban J connectivity index is 2.17. The van der Waals surface area contributed by atoms with E-state index >= 15 is 0 Å². The Morgan fingerprint density at radius 2 is 2.46 bits per heavy atom. The van der Waals surface area contributed by atoms with Crippen LogP contribution in [0.4, 0.5) is 9.18 Å². The van der Waals surface area contributed by atoms with Crippen molar-refractivity contribution in [1.29, 1.82) is 0 Å². The van der Waals surface area contributed by atoms with Crippen LogP contribution in [0.3, 0.4) is 0 Å². The summed E-state index contributed by atoms with van der Waals surface area (Å²) in [7, 11) is 0. The second-order valence-corrected chi connectivity index (χ2v) is 2.71. The van der Waals surface area contributed by atoms with Crippen LogP contribution in [0.1, 0.15) is 11.6 Å². The fraction of sp³-hybridized carbons (Fsp3) is 0.250. The molecule has 0 radical (unpaired) electrons. The number of aromatic nitrogens is 1. The van der Waals surface area contributed by atoms with Crippen molar-refractivity contribution in [1.82, 2.24) is 10.3 Å². The summed E-state index contributed by atoms with van der Waals surface area (Å²) < 4.78 is 17.1. The molecule has 1 unspecified atom stereocenters. The maximum absolute atomic E-state index is 12.4. The molecule has 0 aromatic carbocycles. The Labute approximate surface area is 73.7 Å². The van der Waals surface area contributed by atoms with E-state index in [9.17, 15) is 9.18 Å². The van der Waals surface area contributed by atoms with Crippen molar-refractivity contribution >= 4 is 6.09 Å². The van der Waals surface area contributed by atoms with E-state index < -0.39 is 12.0 Å². The van der Waals surface area contributed by atoms with Gasteiger partial charge in [-0.25, -0.2) is 9.78 Å². The third-order valence-electron chi connectivity index (χ3n) is 1.83. The number of cyclic esters (lactones) is 1. The first kappa shape index (κ1) is 7.97. The van der Waals surface area contributed by atoms with Gasteiger partial charge >= 0.3 is 6.09 Å². The fourth-order valence-corrected chi connectivity index (χ4v) is 1.16. The first-order valence-electron chi connectivity index (χ1n) is 3.80. The molecular weight excluding hydrogens is 175 g/mol. The van der Waals surface area contributed by atoms with Gasteiger partial charge in [0.25, 0.3) is 0 Å². The number of halogens is 1. The van der Waals surface area contributed by atoms with Gasteiger partial charge in [0.15, 0.2) is 0 Å². The number of alkyl carbamates (subject to hydrolysis) is 1. The molecule has 1 amide bonds. The van der Waals surface area contributed by atoms with Crippen molar-refractivity contribution in [2.45, 2.75) is 6.04 Å². The van der Waals surface area contributed by atoms with Crippen LogP contribution in [0.25, 0.3) is 0 Å². The molecule has 2 rings (SSSR count). The van der Waals surface area contributed by atoms with Gasteiger partial charge in [0.05, 0.1) is 6.04 Å². The van der Waals surface area contributed by atoms with E-state index in [1.54, 1.807) is 6.07 Å². The number of carbonyl (C=O) groups excluding carboxylic acids is 1. The molecule has 0 spiro atoms. The van der Waals surface area contributed by atoms with E-state index in [0.717, 1.165) is 5.56 Å². The van der Waals surface area contributed by atoms with Crippen molar-refractivity contribution in [3.8, 4) is 0 Å². The van der Waals surface area contributed by atoms with Crippen molar-refractivity contribution in [2.24, 2.45) is 0 Å². The number of hydrogen-bond acceptors (Lipinski definition) is 3. The lowest BCUT2D eigenvalue weighted by atomic mass is 10.1. The van der Waals surface area contributed by atoms with Crippen molar-refractivity contribution < 1.29 is 13.9 Å². The van der Waals surface area contributed by atoms with Crippen molar-refractivity contribution in [3.05, 3.63) is 29.8 Å². The number of carbonyl (C=O) groups is 1. The number of ether oxygens (including phenoxy) is 1. The largest absolute Gasteiger partial charge is 0.447 e. The predicted molar refractivity (Wildman–Crippen MR) is 41.4 cm³/mol. The molecule has 13 heavy (non-hydrogen) atoms. The van der Waals surface area contributed by atoms with E-state index in [1.807, 2.05) is 0 Å². The summed E-state index contributed by atoms with van der Waals surface area (Å²) in [6.45, 7) is 0.270. The van der Waals surface area contributed by atoms with E-state index in [1.165, 1.54) is 12.3 Å². The van der Waals surface area contributed by atoms with Crippen LogP contribution in [0.2, 0.25) is 0 Å². The summed E-state index contributed by atoms with van der Waals surface area (Å²) >= 11 is 0. The summed E-state index contributed by atoms with van der Waals surface area (Å²) in [5.41, 5.74) is 0.743. The first-order chi connectivity index (χ1) is 6.25. The normalized spacial score (nSPS) is 21.0. The Morgan fingerprint density at radius 3 is 3.00 bits per heavy atom. The molecule has 4 nitrogen and oxygen atoms in total. The molecule has 1 atom stereocenters. The minimum atomic E-state index is -0.533. The minimum Gasteiger partial charge on any atom is -0.447 e. The van der Waals surface area contributed by atoms with Gasteiger partial charge in [0.2, 0.25) is 5.95 Å². The first-order valence-corrected chi connectivity index (χ1v) is 3.80. The number of rotatable bonds is 1. The van der Waals surface area contributed by atoms with Crippen LogP contribution in [0.5, 0.6) is 0 Å². The molecule has 1 aliphatic rings. The van der Waals surface area contributed by atoms with E-state index in [0.29, 0.717) is 0 Å². The maximum atomic E-state index is 12.4. The molecule has 1 aromatic rings. The zero-order valence-corrected chi connectivity index (χ0v) is 6.66. The summed E-state index contributed by atoms with van der Waals surface area (Å²) in [6.07, 6.45) is 0.934. The summed E-state index contributed by atoms with van der Waals surface area (Å²) in [5, 5.41) is 2.57. The molecule has 0 saturated carbocycles. The average Bonchev–Trinajstić information content (AvgIpc) is 2.53. The Kier molecular flexibility index (Phi) is 1.84. The van der Waals surface area contributed by atoms with Gasteiger partial charge in [-0.2, -0.15) is 4.39 Å². The number of amides is 1. The van der Waals surface area contributed by atoms with Crippen LogP contribution >= 0.6 is 0 Å². The monoisotopic (exact) mass is 182 g/mol. The zero-order chi connectivity index (χ0) is 9.26. The molecule has 0 bridgehead atoms. The molecule has 1 saturated heterocycles. The van der Waals surface area contributed by atoms with Crippen LogP contribution in [-0.2, 0) is 4.74 Å². The van der Waals surface area contributed by atoms with Crippen molar-refractivity contribution in [2.75, 3.05) is 6.61 Å². The molecule has 1 N–H and O–H groups in total. The lowest BCUT2D eigenvalue weighted by Crippen LogP contribution is -2.18. The van der Waals surface area contributed by atoms with E-state index in [4.69, 9.17) is 0 Å². The Morgan fingerprint density at radius 1 is 1.62 bits per heavy atom. The maximum Gasteiger partial charge on any atom is 0.407 e. The smallest absolute Gasteiger partial charge is 0.407 e. The number of hydrogen-bond donors (Lipinski definition) is 1. The van der Waals surface area contributed by atoms with Gasteiger partial charge in [-0.15, -0.1) is 0 Å². The highest BCUT2D eigenvalue weighted by molar-refractivity contribution is 5.69. The molecule has 1 aliphatic heterocycles. The second-order valence-electron chi connectivity index (χ2n) is 2.71. The molecule has 2 heterocycles. The van der Waals surface area contributed by atoms with E-state index in [-0.39, 0.29) is 12.6 Å². The van der Waals surface area contributed by atoms with Gasteiger partial charge in [-0.3, -0.25) is 0 Å². The average molecular weight is 182 g/mol. The zero-order valence-electron chi connectivity index (χ0n) is 6.66. The van der Waals surface area contributed by atoms with Gasteiger partial charge in [-0.1, -0.05) is 6.07 Å². The summed E-state index contributed by atoms with van der Waals surface area (Å²) in [5.74, 6) is -0.533. The molecule has 1 fully saturated rings. The van der Waals surface area contributed by atoms with Gasteiger partial charge < -0.3 is 10.1 Å².